The number of nitro benzene ring substituents is 1. The van der Waals surface area contributed by atoms with Crippen LogP contribution in [-0.2, 0) is 0 Å². The van der Waals surface area contributed by atoms with E-state index in [9.17, 15) is 19.3 Å². The quantitative estimate of drug-likeness (QED) is 0.676. The Kier molecular flexibility index (Phi) is 4.40. The number of hydrogen-bond acceptors (Lipinski definition) is 4. The lowest BCUT2D eigenvalue weighted by atomic mass is 10.00. The van der Waals surface area contributed by atoms with Crippen molar-refractivity contribution < 1.29 is 14.1 Å². The minimum absolute atomic E-state index is 0.000454. The fourth-order valence-electron chi connectivity index (χ4n) is 1.53. The van der Waals surface area contributed by atoms with E-state index < -0.39 is 27.8 Å². The van der Waals surface area contributed by atoms with E-state index in [0.29, 0.717) is 6.42 Å². The Hall–Kier alpha value is -2.49. The van der Waals surface area contributed by atoms with Crippen molar-refractivity contribution in [2.24, 2.45) is 0 Å². The summed E-state index contributed by atoms with van der Waals surface area (Å²) in [5.74, 6) is -1.68. The lowest BCUT2D eigenvalue weighted by Crippen LogP contribution is -2.44. The average Bonchev–Trinajstić information content (AvgIpc) is 2.41. The summed E-state index contributed by atoms with van der Waals surface area (Å²) in [7, 11) is 0. The van der Waals surface area contributed by atoms with Gasteiger partial charge in [-0.25, -0.2) is 4.39 Å². The third-order valence-electron chi connectivity index (χ3n) is 3.04. The lowest BCUT2D eigenvalue weighted by Gasteiger charge is -2.21. The first-order valence-electron chi connectivity index (χ1n) is 5.92. The number of benzene rings is 1. The fourth-order valence-corrected chi connectivity index (χ4v) is 1.53. The van der Waals surface area contributed by atoms with E-state index in [1.54, 1.807) is 6.92 Å². The first kappa shape index (κ1) is 15.6. The van der Waals surface area contributed by atoms with E-state index in [0.717, 1.165) is 12.1 Å². The van der Waals surface area contributed by atoms with Gasteiger partial charge in [-0.1, -0.05) is 6.92 Å². The molecule has 1 aromatic carbocycles. The first-order valence-corrected chi connectivity index (χ1v) is 5.92. The van der Waals surface area contributed by atoms with Crippen molar-refractivity contribution in [3.63, 3.8) is 0 Å². The summed E-state index contributed by atoms with van der Waals surface area (Å²) in [5.41, 5.74) is -1.96. The molecule has 7 heteroatoms. The molecule has 0 aromatic heterocycles. The molecule has 20 heavy (non-hydrogen) atoms. The molecule has 0 spiro atoms. The van der Waals surface area contributed by atoms with E-state index in [2.05, 4.69) is 5.32 Å². The Bertz CT molecular complexity index is 610. The third kappa shape index (κ3) is 3.09. The van der Waals surface area contributed by atoms with Gasteiger partial charge < -0.3 is 5.32 Å². The second-order valence-corrected chi connectivity index (χ2v) is 4.63. The summed E-state index contributed by atoms with van der Waals surface area (Å²) in [6.45, 7) is 4.52. The lowest BCUT2D eigenvalue weighted by molar-refractivity contribution is -0.385. The molecule has 1 aromatic rings. The molecule has 6 nitrogen and oxygen atoms in total. The first-order chi connectivity index (χ1) is 9.24. The number of carbonyl (C=O) groups is 1. The Morgan fingerprint density at radius 1 is 1.60 bits per heavy atom. The van der Waals surface area contributed by atoms with E-state index in [-0.39, 0.29) is 11.3 Å². The zero-order chi connectivity index (χ0) is 15.5. The van der Waals surface area contributed by atoms with Crippen LogP contribution in [0.25, 0.3) is 0 Å². The van der Waals surface area contributed by atoms with E-state index >= 15 is 0 Å². The van der Waals surface area contributed by atoms with Crippen molar-refractivity contribution in [1.29, 1.82) is 5.26 Å². The summed E-state index contributed by atoms with van der Waals surface area (Å²) >= 11 is 0. The SMILES string of the molecule is CCC(C)(C#N)NC(=O)c1cc([N+](=O)[O-])cc(C)c1F. The Morgan fingerprint density at radius 2 is 2.20 bits per heavy atom. The van der Waals surface area contributed by atoms with Crippen molar-refractivity contribution in [3.05, 3.63) is 39.2 Å². The van der Waals surface area contributed by atoms with E-state index in [1.165, 1.54) is 13.8 Å². The Balaban J connectivity index is 3.23. The van der Waals surface area contributed by atoms with Crippen LogP contribution in [-0.4, -0.2) is 16.4 Å². The van der Waals surface area contributed by atoms with Crippen LogP contribution in [0.4, 0.5) is 10.1 Å². The smallest absolute Gasteiger partial charge is 0.270 e. The largest absolute Gasteiger partial charge is 0.334 e. The fraction of sp³-hybridized carbons (Fsp3) is 0.385. The summed E-state index contributed by atoms with van der Waals surface area (Å²) in [5, 5.41) is 22.1. The highest BCUT2D eigenvalue weighted by Gasteiger charge is 2.27. The normalized spacial score (nSPS) is 13.2. The number of halogens is 1. The van der Waals surface area contributed by atoms with Crippen molar-refractivity contribution in [2.75, 3.05) is 0 Å². The number of hydrogen-bond donors (Lipinski definition) is 1. The molecule has 0 radical (unpaired) electrons. The number of nitriles is 1. The van der Waals surface area contributed by atoms with Crippen LogP contribution in [0, 0.1) is 34.2 Å². The molecule has 0 saturated heterocycles. The minimum atomic E-state index is -1.15. The topological polar surface area (TPSA) is 96.0 Å². The van der Waals surface area contributed by atoms with Crippen LogP contribution in [0.1, 0.15) is 36.2 Å². The molecule has 0 aliphatic carbocycles. The van der Waals surface area contributed by atoms with Gasteiger partial charge in [0.15, 0.2) is 0 Å². The van der Waals surface area contributed by atoms with E-state index in [4.69, 9.17) is 5.26 Å². The van der Waals surface area contributed by atoms with Gasteiger partial charge in [0.25, 0.3) is 11.6 Å². The predicted molar refractivity (Wildman–Crippen MR) is 69.6 cm³/mol. The molecule has 0 heterocycles. The second kappa shape index (κ2) is 5.65. The van der Waals surface area contributed by atoms with Gasteiger partial charge in [0.2, 0.25) is 0 Å². The molecule has 1 N–H and O–H groups in total. The maximum Gasteiger partial charge on any atom is 0.270 e. The summed E-state index contributed by atoms with van der Waals surface area (Å²) in [4.78, 5) is 22.0. The van der Waals surface area contributed by atoms with Gasteiger partial charge in [-0.15, -0.1) is 0 Å². The van der Waals surface area contributed by atoms with Gasteiger partial charge in [-0.05, 0) is 25.8 Å². The van der Waals surface area contributed by atoms with Crippen molar-refractivity contribution in [2.45, 2.75) is 32.7 Å². The van der Waals surface area contributed by atoms with Crippen molar-refractivity contribution >= 4 is 11.6 Å². The van der Waals surface area contributed by atoms with Crippen LogP contribution in [0.5, 0.6) is 0 Å². The van der Waals surface area contributed by atoms with Crippen LogP contribution in [0.3, 0.4) is 0 Å². The van der Waals surface area contributed by atoms with Crippen LogP contribution in [0.2, 0.25) is 0 Å². The third-order valence-corrected chi connectivity index (χ3v) is 3.04. The molecular weight excluding hydrogens is 265 g/mol. The number of amides is 1. The standard InChI is InChI=1S/C13H14FN3O3/c1-4-13(3,7-15)16-12(18)10-6-9(17(19)20)5-8(2)11(10)14/h5-6H,4H2,1-3H3,(H,16,18). The second-order valence-electron chi connectivity index (χ2n) is 4.63. The monoisotopic (exact) mass is 279 g/mol. The molecule has 0 bridgehead atoms. The maximum absolute atomic E-state index is 13.9. The summed E-state index contributed by atoms with van der Waals surface area (Å²) < 4.78 is 13.9. The molecule has 106 valence electrons. The predicted octanol–water partition coefficient (Wildman–Crippen LogP) is 2.46. The number of nitrogens with zero attached hydrogens (tertiary/aromatic N) is 2. The number of aryl methyl sites for hydroxylation is 1. The maximum atomic E-state index is 13.9. The summed E-state index contributed by atoms with van der Waals surface area (Å²) in [6, 6.07) is 3.83. The van der Waals surface area contributed by atoms with Gasteiger partial charge >= 0.3 is 0 Å². The Morgan fingerprint density at radius 3 is 2.65 bits per heavy atom. The zero-order valence-electron chi connectivity index (χ0n) is 11.4. The number of nitrogens with one attached hydrogen (secondary N) is 1. The van der Waals surface area contributed by atoms with Crippen LogP contribution >= 0.6 is 0 Å². The number of carbonyl (C=O) groups excluding carboxylic acids is 1. The van der Waals surface area contributed by atoms with Crippen LogP contribution < -0.4 is 5.32 Å². The van der Waals surface area contributed by atoms with Crippen molar-refractivity contribution in [1.82, 2.24) is 5.32 Å². The van der Waals surface area contributed by atoms with Gasteiger partial charge in [0.1, 0.15) is 11.4 Å². The summed E-state index contributed by atoms with van der Waals surface area (Å²) in [6.07, 6.45) is 0.324. The average molecular weight is 279 g/mol. The molecule has 1 atom stereocenters. The number of rotatable bonds is 4. The molecular formula is C13H14FN3O3. The molecule has 1 rings (SSSR count). The molecule has 0 aliphatic heterocycles. The zero-order valence-corrected chi connectivity index (χ0v) is 11.4. The highest BCUT2D eigenvalue weighted by atomic mass is 19.1. The van der Waals surface area contributed by atoms with Gasteiger partial charge in [-0.3, -0.25) is 14.9 Å². The molecule has 1 amide bonds. The molecule has 0 fully saturated rings. The minimum Gasteiger partial charge on any atom is -0.334 e. The number of non-ortho nitro benzene ring substituents is 1. The molecule has 0 saturated carbocycles. The number of nitro groups is 1. The Labute approximate surface area is 115 Å². The highest BCUT2D eigenvalue weighted by molar-refractivity contribution is 5.96. The molecule has 1 unspecified atom stereocenters. The van der Waals surface area contributed by atoms with Gasteiger partial charge in [-0.2, -0.15) is 5.26 Å². The van der Waals surface area contributed by atoms with Gasteiger partial charge in [0, 0.05) is 12.1 Å². The van der Waals surface area contributed by atoms with Gasteiger partial charge in [0.05, 0.1) is 16.6 Å². The van der Waals surface area contributed by atoms with E-state index in [1.807, 2.05) is 6.07 Å². The molecule has 0 aliphatic rings. The highest BCUT2D eigenvalue weighted by Crippen LogP contribution is 2.22. The van der Waals surface area contributed by atoms with Crippen LogP contribution in [0.15, 0.2) is 12.1 Å². The van der Waals surface area contributed by atoms with Crippen molar-refractivity contribution in [3.8, 4) is 6.07 Å².